The molecule has 1 heterocycles. The summed E-state index contributed by atoms with van der Waals surface area (Å²) >= 11 is 3.44. The molecule has 0 aliphatic carbocycles. The lowest BCUT2D eigenvalue weighted by Crippen LogP contribution is -2.26. The smallest absolute Gasteiger partial charge is 0.326 e. The van der Waals surface area contributed by atoms with Gasteiger partial charge in [0.05, 0.1) is 18.9 Å². The number of H-pyrrole nitrogens is 1. The summed E-state index contributed by atoms with van der Waals surface area (Å²) in [5.41, 5.74) is 1.28. The van der Waals surface area contributed by atoms with E-state index in [1.54, 1.807) is 13.8 Å². The molecule has 0 unspecified atom stereocenters. The average Bonchev–Trinajstić information content (AvgIpc) is 2.78. The van der Waals surface area contributed by atoms with E-state index in [9.17, 15) is 9.59 Å². The lowest BCUT2D eigenvalue weighted by Gasteiger charge is -2.13. The summed E-state index contributed by atoms with van der Waals surface area (Å²) in [6.45, 7) is 3.79. The topological polar surface area (TPSA) is 68.4 Å². The molecule has 0 spiro atoms. The van der Waals surface area contributed by atoms with Crippen LogP contribution in [0.1, 0.15) is 25.5 Å². The second kappa shape index (κ2) is 6.76. The van der Waals surface area contributed by atoms with Crippen molar-refractivity contribution < 1.29 is 19.1 Å². The van der Waals surface area contributed by atoms with Gasteiger partial charge in [-0.25, -0.2) is 0 Å². The number of ether oxygens (including phenoxy) is 2. The van der Waals surface area contributed by atoms with E-state index < -0.39 is 17.9 Å². The molecule has 0 fully saturated rings. The highest BCUT2D eigenvalue weighted by atomic mass is 79.9. The van der Waals surface area contributed by atoms with Gasteiger partial charge >= 0.3 is 11.9 Å². The molecule has 112 valence electrons. The van der Waals surface area contributed by atoms with Gasteiger partial charge in [-0.1, -0.05) is 18.2 Å². The minimum atomic E-state index is -1.12. The van der Waals surface area contributed by atoms with Gasteiger partial charge in [-0.15, -0.1) is 0 Å². The average molecular weight is 354 g/mol. The molecule has 0 atom stereocenters. The number of carbonyl (C=O) groups excluding carboxylic acids is 2. The van der Waals surface area contributed by atoms with E-state index >= 15 is 0 Å². The SMILES string of the molecule is CCOC(=O)C(C(=O)OCC)c1[nH]c2ccccc2c1Br. The number of rotatable bonds is 5. The van der Waals surface area contributed by atoms with Gasteiger partial charge < -0.3 is 14.5 Å². The summed E-state index contributed by atoms with van der Waals surface area (Å²) in [4.78, 5) is 27.3. The number of hydrogen-bond donors (Lipinski definition) is 1. The second-order valence-corrected chi connectivity index (χ2v) is 5.13. The molecule has 5 nitrogen and oxygen atoms in total. The van der Waals surface area contributed by atoms with Crippen LogP contribution in [0.5, 0.6) is 0 Å². The van der Waals surface area contributed by atoms with Crippen molar-refractivity contribution in [2.45, 2.75) is 19.8 Å². The van der Waals surface area contributed by atoms with Crippen molar-refractivity contribution in [1.29, 1.82) is 0 Å². The Balaban J connectivity index is 2.50. The molecular weight excluding hydrogens is 338 g/mol. The number of carbonyl (C=O) groups is 2. The first-order chi connectivity index (χ1) is 10.1. The van der Waals surface area contributed by atoms with Crippen LogP contribution in [0.15, 0.2) is 28.7 Å². The molecule has 0 radical (unpaired) electrons. The van der Waals surface area contributed by atoms with Gasteiger partial charge in [0, 0.05) is 15.4 Å². The highest BCUT2D eigenvalue weighted by molar-refractivity contribution is 9.10. The minimum Gasteiger partial charge on any atom is -0.465 e. The number of esters is 2. The zero-order chi connectivity index (χ0) is 15.4. The monoisotopic (exact) mass is 353 g/mol. The number of benzene rings is 1. The fourth-order valence-electron chi connectivity index (χ4n) is 2.11. The maximum Gasteiger partial charge on any atom is 0.326 e. The first-order valence-corrected chi connectivity index (χ1v) is 7.48. The number of nitrogens with one attached hydrogen (secondary N) is 1. The largest absolute Gasteiger partial charge is 0.465 e. The fourth-order valence-corrected chi connectivity index (χ4v) is 2.78. The maximum absolute atomic E-state index is 12.1. The van der Waals surface area contributed by atoms with Crippen molar-refractivity contribution in [2.24, 2.45) is 0 Å². The Bertz CT molecular complexity index is 647. The van der Waals surface area contributed by atoms with Gasteiger partial charge in [0.2, 0.25) is 0 Å². The normalized spacial score (nSPS) is 10.9. The Morgan fingerprint density at radius 1 is 1.14 bits per heavy atom. The molecule has 1 aromatic carbocycles. The Kier molecular flexibility index (Phi) is 5.01. The van der Waals surface area contributed by atoms with Crippen LogP contribution in [0.25, 0.3) is 10.9 Å². The molecule has 2 rings (SSSR count). The lowest BCUT2D eigenvalue weighted by atomic mass is 10.1. The van der Waals surface area contributed by atoms with E-state index in [-0.39, 0.29) is 13.2 Å². The van der Waals surface area contributed by atoms with Crippen LogP contribution in [0.4, 0.5) is 0 Å². The van der Waals surface area contributed by atoms with Crippen LogP contribution < -0.4 is 0 Å². The molecule has 0 saturated heterocycles. The zero-order valence-corrected chi connectivity index (χ0v) is 13.4. The van der Waals surface area contributed by atoms with Crippen LogP contribution in [0.3, 0.4) is 0 Å². The van der Waals surface area contributed by atoms with E-state index in [0.717, 1.165) is 10.9 Å². The lowest BCUT2D eigenvalue weighted by molar-refractivity contribution is -0.157. The summed E-state index contributed by atoms with van der Waals surface area (Å²) < 4.78 is 10.7. The van der Waals surface area contributed by atoms with E-state index in [0.29, 0.717) is 10.2 Å². The number of aromatic nitrogens is 1. The number of aromatic amines is 1. The van der Waals surface area contributed by atoms with Crippen LogP contribution >= 0.6 is 15.9 Å². The molecule has 21 heavy (non-hydrogen) atoms. The quantitative estimate of drug-likeness (QED) is 0.662. The van der Waals surface area contributed by atoms with Crippen LogP contribution in [0.2, 0.25) is 0 Å². The summed E-state index contributed by atoms with van der Waals surface area (Å²) in [6.07, 6.45) is 0. The number of halogens is 1. The van der Waals surface area contributed by atoms with Gasteiger partial charge in [0.25, 0.3) is 0 Å². The molecular formula is C15H16BrNO4. The van der Waals surface area contributed by atoms with Crippen molar-refractivity contribution in [3.63, 3.8) is 0 Å². The predicted molar refractivity (Wildman–Crippen MR) is 82.0 cm³/mol. The van der Waals surface area contributed by atoms with Gasteiger partial charge in [0.15, 0.2) is 5.92 Å². The van der Waals surface area contributed by atoms with E-state index in [4.69, 9.17) is 9.47 Å². The number of fused-ring (bicyclic) bond motifs is 1. The first kappa shape index (κ1) is 15.6. The summed E-state index contributed by atoms with van der Waals surface area (Å²) in [6, 6.07) is 7.52. The third-order valence-corrected chi connectivity index (χ3v) is 3.86. The Hall–Kier alpha value is -1.82. The Labute approximate surface area is 130 Å². The van der Waals surface area contributed by atoms with Crippen molar-refractivity contribution in [1.82, 2.24) is 4.98 Å². The standard InChI is InChI=1S/C15H16BrNO4/c1-3-20-14(18)11(15(19)21-4-2)13-12(16)9-7-5-6-8-10(9)17-13/h5-8,11,17H,3-4H2,1-2H3. The van der Waals surface area contributed by atoms with Gasteiger partial charge in [-0.3, -0.25) is 9.59 Å². The van der Waals surface area contributed by atoms with E-state index in [1.807, 2.05) is 24.3 Å². The minimum absolute atomic E-state index is 0.201. The van der Waals surface area contributed by atoms with Crippen molar-refractivity contribution >= 4 is 38.8 Å². The molecule has 1 N–H and O–H groups in total. The van der Waals surface area contributed by atoms with E-state index in [2.05, 4.69) is 20.9 Å². The van der Waals surface area contributed by atoms with Crippen molar-refractivity contribution in [2.75, 3.05) is 13.2 Å². The third-order valence-electron chi connectivity index (χ3n) is 3.00. The molecule has 6 heteroatoms. The summed E-state index contributed by atoms with van der Waals surface area (Å²) in [7, 11) is 0. The summed E-state index contributed by atoms with van der Waals surface area (Å²) in [5, 5.41) is 0.895. The van der Waals surface area contributed by atoms with Gasteiger partial charge in [0.1, 0.15) is 0 Å². The Morgan fingerprint density at radius 3 is 2.24 bits per heavy atom. The highest BCUT2D eigenvalue weighted by Gasteiger charge is 2.35. The Morgan fingerprint density at radius 2 is 1.71 bits per heavy atom. The summed E-state index contributed by atoms with van der Waals surface area (Å²) in [5.74, 6) is -2.36. The van der Waals surface area contributed by atoms with Crippen LogP contribution in [0, 0.1) is 0 Å². The molecule has 0 aliphatic heterocycles. The van der Waals surface area contributed by atoms with Crippen molar-refractivity contribution in [3.8, 4) is 0 Å². The highest BCUT2D eigenvalue weighted by Crippen LogP contribution is 2.33. The molecule has 0 aliphatic rings. The zero-order valence-electron chi connectivity index (χ0n) is 11.8. The molecule has 1 aromatic heterocycles. The molecule has 0 amide bonds. The second-order valence-electron chi connectivity index (χ2n) is 4.34. The first-order valence-electron chi connectivity index (χ1n) is 6.69. The fraction of sp³-hybridized carbons (Fsp3) is 0.333. The number of para-hydroxylation sites is 1. The molecule has 0 bridgehead atoms. The third kappa shape index (κ3) is 3.10. The van der Waals surface area contributed by atoms with Gasteiger partial charge in [-0.05, 0) is 35.8 Å². The van der Waals surface area contributed by atoms with Crippen LogP contribution in [-0.4, -0.2) is 30.1 Å². The molecule has 2 aromatic rings. The van der Waals surface area contributed by atoms with Crippen LogP contribution in [-0.2, 0) is 19.1 Å². The molecule has 0 saturated carbocycles. The maximum atomic E-state index is 12.1. The van der Waals surface area contributed by atoms with Gasteiger partial charge in [-0.2, -0.15) is 0 Å². The van der Waals surface area contributed by atoms with Crippen molar-refractivity contribution in [3.05, 3.63) is 34.4 Å². The number of hydrogen-bond acceptors (Lipinski definition) is 4. The predicted octanol–water partition coefficient (Wildman–Crippen LogP) is 3.14. The van der Waals surface area contributed by atoms with E-state index in [1.165, 1.54) is 0 Å².